The number of para-hydroxylation sites is 2. The van der Waals surface area contributed by atoms with Crippen LogP contribution in [0.4, 0.5) is 5.69 Å². The van der Waals surface area contributed by atoms with E-state index in [1.807, 2.05) is 42.7 Å². The Labute approximate surface area is 190 Å². The molecule has 32 heavy (non-hydrogen) atoms. The van der Waals surface area contributed by atoms with Gasteiger partial charge in [0.2, 0.25) is 5.78 Å². The molecule has 1 atom stereocenters. The summed E-state index contributed by atoms with van der Waals surface area (Å²) < 4.78 is 19.0. The minimum Gasteiger partial charge on any atom is -0.486 e. The van der Waals surface area contributed by atoms with Gasteiger partial charge >= 0.3 is 5.97 Å². The van der Waals surface area contributed by atoms with Crippen molar-refractivity contribution in [3.8, 4) is 11.5 Å². The van der Waals surface area contributed by atoms with Crippen molar-refractivity contribution >= 4 is 29.0 Å². The molecule has 1 aliphatic rings. The quantitative estimate of drug-likeness (QED) is 0.340. The molecule has 0 saturated carbocycles. The lowest BCUT2D eigenvalue weighted by Gasteiger charge is -2.27. The van der Waals surface area contributed by atoms with E-state index < -0.39 is 5.97 Å². The number of halogens is 1. The summed E-state index contributed by atoms with van der Waals surface area (Å²) in [5, 5.41) is 0.348. The molecule has 0 saturated heterocycles. The molecule has 7 nitrogen and oxygen atoms in total. The molecule has 0 spiro atoms. The zero-order valence-electron chi connectivity index (χ0n) is 17.8. The Hall–Kier alpha value is -3.45. The molecule has 1 aliphatic heterocycles. The summed E-state index contributed by atoms with van der Waals surface area (Å²) in [5.41, 5.74) is 8.42. The van der Waals surface area contributed by atoms with Crippen molar-refractivity contribution in [2.24, 2.45) is 0 Å². The molecule has 0 radical (unpaired) electrons. The Balaban J connectivity index is 1.41. The number of rotatable bonds is 6. The molecule has 0 aliphatic carbocycles. The van der Waals surface area contributed by atoms with Crippen molar-refractivity contribution in [1.82, 2.24) is 4.57 Å². The van der Waals surface area contributed by atoms with Crippen LogP contribution in [0.1, 0.15) is 32.1 Å². The number of fused-ring (bicyclic) bond motifs is 1. The predicted molar refractivity (Wildman–Crippen MR) is 121 cm³/mol. The van der Waals surface area contributed by atoms with Crippen molar-refractivity contribution in [3.63, 3.8) is 0 Å². The minimum absolute atomic E-state index is 0.189. The maximum absolute atomic E-state index is 12.8. The highest BCUT2D eigenvalue weighted by Gasteiger charge is 2.24. The Morgan fingerprint density at radius 2 is 1.91 bits per heavy atom. The van der Waals surface area contributed by atoms with E-state index in [4.69, 9.17) is 31.5 Å². The van der Waals surface area contributed by atoms with Crippen molar-refractivity contribution < 1.29 is 23.8 Å². The van der Waals surface area contributed by atoms with Crippen LogP contribution in [0.5, 0.6) is 11.5 Å². The lowest BCUT2D eigenvalue weighted by molar-refractivity contribution is 0.0474. The van der Waals surface area contributed by atoms with Gasteiger partial charge in [0, 0.05) is 17.0 Å². The van der Waals surface area contributed by atoms with E-state index in [0.717, 1.165) is 17.1 Å². The molecular formula is C24H23ClN2O5. The van der Waals surface area contributed by atoms with Crippen LogP contribution in [0.25, 0.3) is 0 Å². The second kappa shape index (κ2) is 8.96. The lowest BCUT2D eigenvalue weighted by atomic mass is 10.1. The van der Waals surface area contributed by atoms with E-state index in [2.05, 4.69) is 0 Å². The molecule has 8 heteroatoms. The maximum atomic E-state index is 12.8. The Morgan fingerprint density at radius 1 is 1.16 bits per heavy atom. The second-order valence-electron chi connectivity index (χ2n) is 7.63. The number of Topliss-reactive ketones (excluding diaryl/α,β-unsaturated/α-hetero) is 1. The number of carbonyl (C=O) groups excluding carboxylic acids is 2. The van der Waals surface area contributed by atoms with Gasteiger partial charge in [-0.2, -0.15) is 0 Å². The predicted octanol–water partition coefficient (Wildman–Crippen LogP) is 4.22. The third-order valence-corrected chi connectivity index (χ3v) is 5.74. The van der Waals surface area contributed by atoms with Crippen LogP contribution in [0.3, 0.4) is 0 Å². The summed E-state index contributed by atoms with van der Waals surface area (Å²) in [6.45, 7) is 4.36. The van der Waals surface area contributed by atoms with Gasteiger partial charge in [0.25, 0.3) is 0 Å². The smallest absolute Gasteiger partial charge is 0.338 e. The van der Waals surface area contributed by atoms with Crippen LogP contribution in [-0.2, 0) is 11.3 Å². The van der Waals surface area contributed by atoms with Crippen LogP contribution >= 0.6 is 11.6 Å². The molecule has 0 fully saturated rings. The van der Waals surface area contributed by atoms with Crippen LogP contribution in [-0.4, -0.2) is 35.6 Å². The third kappa shape index (κ3) is 4.43. The number of hydrogen-bond acceptors (Lipinski definition) is 6. The summed E-state index contributed by atoms with van der Waals surface area (Å²) in [5.74, 6) is 0.509. The number of nitrogen functional groups attached to an aromatic ring is 1. The number of carbonyl (C=O) groups is 2. The Morgan fingerprint density at radius 3 is 2.66 bits per heavy atom. The van der Waals surface area contributed by atoms with Crippen molar-refractivity contribution in [2.45, 2.75) is 26.5 Å². The highest BCUT2D eigenvalue weighted by Crippen LogP contribution is 2.31. The van der Waals surface area contributed by atoms with Gasteiger partial charge in [-0.15, -0.1) is 0 Å². The van der Waals surface area contributed by atoms with Crippen LogP contribution in [0.15, 0.2) is 48.5 Å². The number of aryl methyl sites for hydroxylation is 1. The fourth-order valence-electron chi connectivity index (χ4n) is 3.68. The molecule has 4 rings (SSSR count). The number of aromatic nitrogens is 1. The molecule has 1 aromatic heterocycles. The van der Waals surface area contributed by atoms with E-state index in [9.17, 15) is 9.59 Å². The first-order chi connectivity index (χ1) is 15.3. The van der Waals surface area contributed by atoms with E-state index in [-0.39, 0.29) is 29.7 Å². The maximum Gasteiger partial charge on any atom is 0.338 e. The van der Waals surface area contributed by atoms with E-state index in [1.54, 1.807) is 6.07 Å². The van der Waals surface area contributed by atoms with Crippen molar-refractivity contribution in [3.05, 3.63) is 76.1 Å². The molecule has 166 valence electrons. The van der Waals surface area contributed by atoms with Gasteiger partial charge in [-0.25, -0.2) is 4.79 Å². The summed E-state index contributed by atoms with van der Waals surface area (Å²) in [6.07, 6.45) is -0.189. The second-order valence-corrected chi connectivity index (χ2v) is 8.04. The van der Waals surface area contributed by atoms with E-state index >= 15 is 0 Å². The minimum atomic E-state index is -0.637. The zero-order valence-corrected chi connectivity index (χ0v) is 18.5. The first kappa shape index (κ1) is 21.8. The van der Waals surface area contributed by atoms with Gasteiger partial charge < -0.3 is 24.5 Å². The molecule has 2 N–H and O–H groups in total. The van der Waals surface area contributed by atoms with Gasteiger partial charge in [-0.1, -0.05) is 23.7 Å². The monoisotopic (exact) mass is 454 g/mol. The van der Waals surface area contributed by atoms with Gasteiger partial charge in [-0.05, 0) is 50.2 Å². The number of nitrogens with zero attached hydrogens (tertiary/aromatic N) is 1. The molecule has 2 heterocycles. The number of anilines is 1. The van der Waals surface area contributed by atoms with Gasteiger partial charge in [0.1, 0.15) is 6.61 Å². The number of esters is 1. The van der Waals surface area contributed by atoms with Crippen molar-refractivity contribution in [1.29, 1.82) is 0 Å². The zero-order chi connectivity index (χ0) is 22.8. The average Bonchev–Trinajstić information content (AvgIpc) is 3.07. The normalized spacial score (nSPS) is 14.8. The number of ether oxygens (including phenoxy) is 3. The first-order valence-electron chi connectivity index (χ1n) is 10.1. The molecule has 0 unspecified atom stereocenters. The summed E-state index contributed by atoms with van der Waals surface area (Å²) in [4.78, 5) is 25.0. The van der Waals surface area contributed by atoms with Gasteiger partial charge in [-0.3, -0.25) is 4.79 Å². The summed E-state index contributed by atoms with van der Waals surface area (Å²) in [7, 11) is 0. The first-order valence-corrected chi connectivity index (χ1v) is 10.5. The van der Waals surface area contributed by atoms with Gasteiger partial charge in [0.15, 0.2) is 24.2 Å². The number of hydrogen-bond donors (Lipinski definition) is 1. The number of benzene rings is 2. The number of ketones is 1. The highest BCUT2D eigenvalue weighted by atomic mass is 35.5. The molecule has 0 bridgehead atoms. The summed E-state index contributed by atoms with van der Waals surface area (Å²) in [6, 6.07) is 13.8. The standard InChI is InChI=1S/C24H23ClN2O5/c1-14-9-18(21(28)13-31-24(29)16-7-8-19(25)20(26)10-16)15(2)27(14)11-17-12-30-22-5-3-4-6-23(22)32-17/h3-10,17H,11-13,26H2,1-2H3/t17-/m1/s1. The highest BCUT2D eigenvalue weighted by molar-refractivity contribution is 6.33. The van der Waals surface area contributed by atoms with Gasteiger partial charge in [0.05, 0.1) is 22.8 Å². The Kier molecular flexibility index (Phi) is 6.10. The molecule has 0 amide bonds. The van der Waals surface area contributed by atoms with Crippen LogP contribution in [0, 0.1) is 13.8 Å². The average molecular weight is 455 g/mol. The SMILES string of the molecule is Cc1cc(C(=O)COC(=O)c2ccc(Cl)c(N)c2)c(C)n1C[C@@H]1COc2ccccc2O1. The molecule has 3 aromatic rings. The van der Waals surface area contributed by atoms with Crippen molar-refractivity contribution in [2.75, 3.05) is 18.9 Å². The molecule has 2 aromatic carbocycles. The molecular weight excluding hydrogens is 432 g/mol. The van der Waals surface area contributed by atoms with E-state index in [1.165, 1.54) is 18.2 Å². The fraction of sp³-hybridized carbons (Fsp3) is 0.250. The lowest BCUT2D eigenvalue weighted by Crippen LogP contribution is -2.33. The topological polar surface area (TPSA) is 92.8 Å². The van der Waals surface area contributed by atoms with Crippen LogP contribution < -0.4 is 15.2 Å². The third-order valence-electron chi connectivity index (χ3n) is 5.39. The van der Waals surface area contributed by atoms with E-state index in [0.29, 0.717) is 29.5 Å². The summed E-state index contributed by atoms with van der Waals surface area (Å²) >= 11 is 5.87. The largest absolute Gasteiger partial charge is 0.486 e. The number of nitrogens with two attached hydrogens (primary N) is 1. The Bertz CT molecular complexity index is 1190. The fourth-order valence-corrected chi connectivity index (χ4v) is 3.80. The van der Waals surface area contributed by atoms with Crippen LogP contribution in [0.2, 0.25) is 5.02 Å².